The largest absolute Gasteiger partial charge is 0.494 e. The van der Waals surface area contributed by atoms with Crippen LogP contribution in [-0.2, 0) is 0 Å². The van der Waals surface area contributed by atoms with Crippen molar-refractivity contribution >= 4 is 5.91 Å². The number of carbonyl (C=O) groups is 1. The molecule has 0 atom stereocenters. The molecule has 1 aliphatic rings. The number of aliphatic hydroxyl groups is 1. The Morgan fingerprint density at radius 1 is 1.35 bits per heavy atom. The van der Waals surface area contributed by atoms with Crippen LogP contribution in [0.25, 0.3) is 0 Å². The van der Waals surface area contributed by atoms with Gasteiger partial charge in [-0.3, -0.25) is 4.79 Å². The van der Waals surface area contributed by atoms with Gasteiger partial charge in [-0.1, -0.05) is 6.92 Å². The van der Waals surface area contributed by atoms with E-state index in [9.17, 15) is 9.90 Å². The zero-order chi connectivity index (χ0) is 14.5. The molecule has 0 saturated heterocycles. The fourth-order valence-electron chi connectivity index (χ4n) is 2.45. The molecule has 1 aromatic carbocycles. The summed E-state index contributed by atoms with van der Waals surface area (Å²) in [5.41, 5.74) is 0.677. The van der Waals surface area contributed by atoms with Crippen LogP contribution in [0.3, 0.4) is 0 Å². The van der Waals surface area contributed by atoms with Crippen LogP contribution in [0, 0.1) is 5.92 Å². The molecule has 0 spiro atoms. The molecule has 0 aromatic heterocycles. The third-order valence-corrected chi connectivity index (χ3v) is 3.66. The van der Waals surface area contributed by atoms with Gasteiger partial charge in [0.1, 0.15) is 5.75 Å². The Morgan fingerprint density at radius 3 is 2.55 bits per heavy atom. The normalized spacial score (nSPS) is 21.1. The maximum absolute atomic E-state index is 12.2. The number of hydrogen-bond donors (Lipinski definition) is 1. The first kappa shape index (κ1) is 14.9. The summed E-state index contributed by atoms with van der Waals surface area (Å²) in [7, 11) is 1.81. The van der Waals surface area contributed by atoms with E-state index in [-0.39, 0.29) is 12.0 Å². The van der Waals surface area contributed by atoms with Gasteiger partial charge in [0.25, 0.3) is 5.91 Å². The monoisotopic (exact) mass is 277 g/mol. The fraction of sp³-hybridized carbons (Fsp3) is 0.562. The predicted molar refractivity (Wildman–Crippen MR) is 77.9 cm³/mol. The van der Waals surface area contributed by atoms with Crippen LogP contribution in [0.4, 0.5) is 0 Å². The highest BCUT2D eigenvalue weighted by atomic mass is 16.5. The van der Waals surface area contributed by atoms with Gasteiger partial charge in [0.15, 0.2) is 0 Å². The zero-order valence-corrected chi connectivity index (χ0v) is 12.2. The van der Waals surface area contributed by atoms with Crippen molar-refractivity contribution in [3.63, 3.8) is 0 Å². The quantitative estimate of drug-likeness (QED) is 0.868. The molecular weight excluding hydrogens is 254 g/mol. The van der Waals surface area contributed by atoms with Gasteiger partial charge in [0.05, 0.1) is 12.7 Å². The van der Waals surface area contributed by atoms with E-state index < -0.39 is 0 Å². The highest BCUT2D eigenvalue weighted by Gasteiger charge is 2.29. The summed E-state index contributed by atoms with van der Waals surface area (Å²) in [6.07, 6.45) is 2.41. The number of hydrogen-bond acceptors (Lipinski definition) is 3. The van der Waals surface area contributed by atoms with E-state index >= 15 is 0 Å². The van der Waals surface area contributed by atoms with Crippen LogP contribution in [0.2, 0.25) is 0 Å². The lowest BCUT2D eigenvalue weighted by Crippen LogP contribution is -2.39. The zero-order valence-electron chi connectivity index (χ0n) is 12.2. The molecule has 0 aliphatic heterocycles. The van der Waals surface area contributed by atoms with E-state index in [0.717, 1.165) is 25.0 Å². The van der Waals surface area contributed by atoms with E-state index in [1.54, 1.807) is 17.0 Å². The van der Waals surface area contributed by atoms with Gasteiger partial charge >= 0.3 is 0 Å². The van der Waals surface area contributed by atoms with Crippen molar-refractivity contribution in [2.75, 3.05) is 20.2 Å². The molecule has 110 valence electrons. The minimum Gasteiger partial charge on any atom is -0.494 e. The average molecular weight is 277 g/mol. The van der Waals surface area contributed by atoms with Gasteiger partial charge in [0, 0.05) is 19.2 Å². The van der Waals surface area contributed by atoms with Crippen LogP contribution >= 0.6 is 0 Å². The lowest BCUT2D eigenvalue weighted by atomic mass is 9.82. The van der Waals surface area contributed by atoms with Gasteiger partial charge in [-0.25, -0.2) is 0 Å². The Kier molecular flexibility index (Phi) is 5.01. The minimum absolute atomic E-state index is 0.0217. The van der Waals surface area contributed by atoms with Gasteiger partial charge in [-0.05, 0) is 49.4 Å². The highest BCUT2D eigenvalue weighted by Crippen LogP contribution is 2.28. The molecule has 0 bridgehead atoms. The van der Waals surface area contributed by atoms with Gasteiger partial charge in [-0.15, -0.1) is 0 Å². The van der Waals surface area contributed by atoms with E-state index in [1.165, 1.54) is 0 Å². The molecular formula is C16H23NO3. The second-order valence-corrected chi connectivity index (χ2v) is 5.55. The van der Waals surface area contributed by atoms with Crippen LogP contribution < -0.4 is 4.74 Å². The second kappa shape index (κ2) is 6.75. The summed E-state index contributed by atoms with van der Waals surface area (Å²) in [6, 6.07) is 7.28. The SMILES string of the molecule is CCCOc1ccc(C(=O)N(C)CC2CC(O)C2)cc1. The Labute approximate surface area is 120 Å². The Hall–Kier alpha value is -1.55. The summed E-state index contributed by atoms with van der Waals surface area (Å²) in [4.78, 5) is 14.0. The van der Waals surface area contributed by atoms with Gasteiger partial charge in [0.2, 0.25) is 0 Å². The number of carbonyl (C=O) groups excluding carboxylic acids is 1. The Balaban J connectivity index is 1.87. The van der Waals surface area contributed by atoms with Crippen LogP contribution in [0.1, 0.15) is 36.5 Å². The topological polar surface area (TPSA) is 49.8 Å². The number of nitrogens with zero attached hydrogens (tertiary/aromatic N) is 1. The molecule has 0 radical (unpaired) electrons. The third-order valence-electron chi connectivity index (χ3n) is 3.66. The maximum atomic E-state index is 12.2. The lowest BCUT2D eigenvalue weighted by Gasteiger charge is -2.34. The van der Waals surface area contributed by atoms with Crippen molar-refractivity contribution in [3.05, 3.63) is 29.8 Å². The summed E-state index contributed by atoms with van der Waals surface area (Å²) >= 11 is 0. The molecule has 1 fully saturated rings. The van der Waals surface area contributed by atoms with E-state index in [0.29, 0.717) is 24.6 Å². The summed E-state index contributed by atoms with van der Waals surface area (Å²) in [5, 5.41) is 9.27. The Bertz CT molecular complexity index is 438. The van der Waals surface area contributed by atoms with Crippen molar-refractivity contribution < 1.29 is 14.6 Å². The summed E-state index contributed by atoms with van der Waals surface area (Å²) < 4.78 is 5.50. The number of aliphatic hydroxyl groups excluding tert-OH is 1. The summed E-state index contributed by atoms with van der Waals surface area (Å²) in [5.74, 6) is 1.26. The molecule has 20 heavy (non-hydrogen) atoms. The number of ether oxygens (including phenoxy) is 1. The van der Waals surface area contributed by atoms with Crippen molar-refractivity contribution in [2.24, 2.45) is 5.92 Å². The molecule has 1 N–H and O–H groups in total. The van der Waals surface area contributed by atoms with Crippen LogP contribution in [0.5, 0.6) is 5.75 Å². The number of rotatable bonds is 6. The average Bonchev–Trinajstić information content (AvgIpc) is 2.43. The Morgan fingerprint density at radius 2 is 2.00 bits per heavy atom. The molecule has 0 heterocycles. The number of amides is 1. The molecule has 1 aromatic rings. The highest BCUT2D eigenvalue weighted by molar-refractivity contribution is 5.94. The first-order valence-corrected chi connectivity index (χ1v) is 7.26. The van der Waals surface area contributed by atoms with Crippen molar-refractivity contribution in [2.45, 2.75) is 32.3 Å². The molecule has 2 rings (SSSR count). The van der Waals surface area contributed by atoms with Crippen LogP contribution in [0.15, 0.2) is 24.3 Å². The first-order chi connectivity index (χ1) is 9.60. The smallest absolute Gasteiger partial charge is 0.253 e. The lowest BCUT2D eigenvalue weighted by molar-refractivity contribution is 0.0265. The molecule has 4 heteroatoms. The minimum atomic E-state index is -0.168. The van der Waals surface area contributed by atoms with Gasteiger partial charge < -0.3 is 14.7 Å². The number of benzene rings is 1. The standard InChI is InChI=1S/C16H23NO3/c1-3-8-20-15-6-4-13(5-7-15)16(19)17(2)11-12-9-14(18)10-12/h4-7,12,14,18H,3,8-11H2,1-2H3. The van der Waals surface area contributed by atoms with E-state index in [1.807, 2.05) is 19.2 Å². The molecule has 4 nitrogen and oxygen atoms in total. The van der Waals surface area contributed by atoms with Gasteiger partial charge in [-0.2, -0.15) is 0 Å². The summed E-state index contributed by atoms with van der Waals surface area (Å²) in [6.45, 7) is 3.46. The molecule has 1 saturated carbocycles. The maximum Gasteiger partial charge on any atom is 0.253 e. The molecule has 1 aliphatic carbocycles. The first-order valence-electron chi connectivity index (χ1n) is 7.26. The van der Waals surface area contributed by atoms with Crippen LogP contribution in [-0.4, -0.2) is 42.2 Å². The van der Waals surface area contributed by atoms with Crippen molar-refractivity contribution in [3.8, 4) is 5.75 Å². The fourth-order valence-corrected chi connectivity index (χ4v) is 2.45. The van der Waals surface area contributed by atoms with Crippen molar-refractivity contribution in [1.82, 2.24) is 4.90 Å². The molecule has 1 amide bonds. The third kappa shape index (κ3) is 3.73. The second-order valence-electron chi connectivity index (χ2n) is 5.55. The van der Waals surface area contributed by atoms with E-state index in [4.69, 9.17) is 4.74 Å². The van der Waals surface area contributed by atoms with E-state index in [2.05, 4.69) is 6.92 Å². The van der Waals surface area contributed by atoms with Crippen molar-refractivity contribution in [1.29, 1.82) is 0 Å². The predicted octanol–water partition coefficient (Wildman–Crippen LogP) is 2.32. The molecule has 0 unspecified atom stereocenters.